The van der Waals surface area contributed by atoms with Crippen molar-refractivity contribution in [3.8, 4) is 0 Å². The zero-order valence-electron chi connectivity index (χ0n) is 12.1. The molecule has 4 nitrogen and oxygen atoms in total. The zero-order chi connectivity index (χ0) is 17.6. The lowest BCUT2D eigenvalue weighted by Crippen LogP contribution is -2.14. The van der Waals surface area contributed by atoms with E-state index >= 15 is 0 Å². The van der Waals surface area contributed by atoms with Crippen LogP contribution in [0.2, 0.25) is 0 Å². The smallest absolute Gasteiger partial charge is 0.264 e. The van der Waals surface area contributed by atoms with E-state index in [4.69, 9.17) is 0 Å². The number of aromatic nitrogens is 1. The molecule has 2 aromatic carbocycles. The third-order valence-corrected chi connectivity index (χ3v) is 4.83. The first kappa shape index (κ1) is 16.3. The van der Waals surface area contributed by atoms with Gasteiger partial charge < -0.3 is 4.98 Å². The summed E-state index contributed by atoms with van der Waals surface area (Å²) in [6, 6.07) is 2.97. The molecule has 0 aliphatic carbocycles. The van der Waals surface area contributed by atoms with Crippen LogP contribution in [0.1, 0.15) is 5.56 Å². The first-order valence-corrected chi connectivity index (χ1v) is 8.12. The van der Waals surface area contributed by atoms with Crippen molar-refractivity contribution in [1.29, 1.82) is 0 Å². The second-order valence-corrected chi connectivity index (χ2v) is 6.80. The lowest BCUT2D eigenvalue weighted by atomic mass is 10.2. The average molecular weight is 358 g/mol. The second kappa shape index (κ2) is 5.52. The maximum atomic E-state index is 13.9. The Labute approximate surface area is 134 Å². The van der Waals surface area contributed by atoms with Crippen LogP contribution in [0.25, 0.3) is 10.9 Å². The monoisotopic (exact) mass is 358 g/mol. The molecule has 2 N–H and O–H groups in total. The Morgan fingerprint density at radius 3 is 2.38 bits per heavy atom. The highest BCUT2D eigenvalue weighted by molar-refractivity contribution is 7.93. The highest BCUT2D eigenvalue weighted by atomic mass is 32.2. The Bertz CT molecular complexity index is 1060. The van der Waals surface area contributed by atoms with Crippen LogP contribution in [0, 0.1) is 30.2 Å². The molecule has 0 unspecified atom stereocenters. The van der Waals surface area contributed by atoms with E-state index in [2.05, 4.69) is 4.98 Å². The topological polar surface area (TPSA) is 62.0 Å². The highest BCUT2D eigenvalue weighted by Crippen LogP contribution is 2.29. The van der Waals surface area contributed by atoms with Crippen LogP contribution in [0.3, 0.4) is 0 Å². The number of halogens is 4. The molecule has 1 aromatic heterocycles. The molecule has 24 heavy (non-hydrogen) atoms. The number of H-pyrrole nitrogens is 1. The van der Waals surface area contributed by atoms with Crippen LogP contribution < -0.4 is 4.72 Å². The summed E-state index contributed by atoms with van der Waals surface area (Å²) in [4.78, 5) is 1.88. The molecule has 0 spiro atoms. The molecule has 0 bridgehead atoms. The van der Waals surface area contributed by atoms with E-state index in [1.165, 1.54) is 6.92 Å². The zero-order valence-corrected chi connectivity index (χ0v) is 12.9. The standard InChI is InChI=1S/C15H10F4N2O2S/c1-7-2-10(18)12(5-9(7)17)21-24(22,23)14-6-20-13-4-8(16)3-11(19)15(13)14/h2-6,20-21H,1H3. The fourth-order valence-electron chi connectivity index (χ4n) is 2.29. The minimum Gasteiger partial charge on any atom is -0.360 e. The van der Waals surface area contributed by atoms with Crippen molar-refractivity contribution < 1.29 is 26.0 Å². The molecule has 0 saturated heterocycles. The molecule has 0 atom stereocenters. The van der Waals surface area contributed by atoms with E-state index in [1.54, 1.807) is 0 Å². The summed E-state index contributed by atoms with van der Waals surface area (Å²) in [5.41, 5.74) is -0.692. The van der Waals surface area contributed by atoms with Gasteiger partial charge in [-0.15, -0.1) is 0 Å². The van der Waals surface area contributed by atoms with E-state index < -0.39 is 43.9 Å². The average Bonchev–Trinajstić information content (AvgIpc) is 2.89. The van der Waals surface area contributed by atoms with Gasteiger partial charge in [-0.05, 0) is 24.6 Å². The van der Waals surface area contributed by atoms with E-state index in [0.717, 1.165) is 18.3 Å². The number of benzene rings is 2. The quantitative estimate of drug-likeness (QED) is 0.699. The number of aryl methyl sites for hydroxylation is 1. The molecule has 0 aliphatic rings. The van der Waals surface area contributed by atoms with Crippen LogP contribution in [-0.4, -0.2) is 13.4 Å². The van der Waals surface area contributed by atoms with Gasteiger partial charge in [0.25, 0.3) is 10.0 Å². The van der Waals surface area contributed by atoms with E-state index in [-0.39, 0.29) is 16.5 Å². The Balaban J connectivity index is 2.11. The van der Waals surface area contributed by atoms with E-state index in [0.29, 0.717) is 12.1 Å². The van der Waals surface area contributed by atoms with Gasteiger partial charge in [-0.25, -0.2) is 26.0 Å². The van der Waals surface area contributed by atoms with Crippen LogP contribution in [0.4, 0.5) is 23.2 Å². The SMILES string of the molecule is Cc1cc(F)c(NS(=O)(=O)c2c[nH]c3cc(F)cc(F)c23)cc1F. The Hall–Kier alpha value is -2.55. The largest absolute Gasteiger partial charge is 0.360 e. The van der Waals surface area contributed by atoms with Crippen molar-refractivity contribution in [2.45, 2.75) is 11.8 Å². The molecular formula is C15H10F4N2O2S. The summed E-state index contributed by atoms with van der Waals surface area (Å²) >= 11 is 0. The fourth-order valence-corrected chi connectivity index (χ4v) is 3.54. The van der Waals surface area contributed by atoms with Gasteiger partial charge in [0.05, 0.1) is 16.6 Å². The molecule has 1 heterocycles. The Morgan fingerprint density at radius 2 is 1.67 bits per heavy atom. The second-order valence-electron chi connectivity index (χ2n) is 5.15. The summed E-state index contributed by atoms with van der Waals surface area (Å²) < 4.78 is 81.1. The van der Waals surface area contributed by atoms with Crippen molar-refractivity contribution in [3.05, 3.63) is 59.3 Å². The van der Waals surface area contributed by atoms with E-state index in [1.807, 2.05) is 4.72 Å². The van der Waals surface area contributed by atoms with Gasteiger partial charge in [0.2, 0.25) is 0 Å². The first-order valence-electron chi connectivity index (χ1n) is 6.63. The number of anilines is 1. The van der Waals surface area contributed by atoms with Crippen LogP contribution in [0.5, 0.6) is 0 Å². The highest BCUT2D eigenvalue weighted by Gasteiger charge is 2.24. The van der Waals surface area contributed by atoms with Crippen LogP contribution >= 0.6 is 0 Å². The number of hydrogen-bond acceptors (Lipinski definition) is 2. The van der Waals surface area contributed by atoms with Gasteiger partial charge >= 0.3 is 0 Å². The molecule has 0 aliphatic heterocycles. The number of rotatable bonds is 3. The van der Waals surface area contributed by atoms with Crippen LogP contribution in [0.15, 0.2) is 35.4 Å². The molecule has 3 aromatic rings. The normalized spacial score (nSPS) is 11.9. The predicted molar refractivity (Wildman–Crippen MR) is 80.1 cm³/mol. The van der Waals surface area contributed by atoms with Crippen molar-refractivity contribution in [2.24, 2.45) is 0 Å². The van der Waals surface area contributed by atoms with Crippen molar-refractivity contribution in [1.82, 2.24) is 4.98 Å². The van der Waals surface area contributed by atoms with Crippen LogP contribution in [-0.2, 0) is 10.0 Å². The Morgan fingerprint density at radius 1 is 0.958 bits per heavy atom. The summed E-state index contributed by atoms with van der Waals surface area (Å²) in [6.45, 7) is 1.32. The van der Waals surface area contributed by atoms with E-state index in [9.17, 15) is 26.0 Å². The number of fused-ring (bicyclic) bond motifs is 1. The van der Waals surface area contributed by atoms with Gasteiger partial charge in [0.15, 0.2) is 0 Å². The fraction of sp³-hybridized carbons (Fsp3) is 0.0667. The third kappa shape index (κ3) is 2.71. The summed E-state index contributed by atoms with van der Waals surface area (Å²) in [5.74, 6) is -3.77. The van der Waals surface area contributed by atoms with Gasteiger partial charge in [0, 0.05) is 18.3 Å². The van der Waals surface area contributed by atoms with Gasteiger partial charge in [-0.1, -0.05) is 0 Å². The predicted octanol–water partition coefficient (Wildman–Crippen LogP) is 3.83. The molecule has 0 radical (unpaired) electrons. The number of nitrogens with one attached hydrogen (secondary N) is 2. The summed E-state index contributed by atoms with van der Waals surface area (Å²) in [6.07, 6.45) is 0.942. The van der Waals surface area contributed by atoms with Crippen molar-refractivity contribution in [2.75, 3.05) is 4.72 Å². The minimum atomic E-state index is -4.43. The lowest BCUT2D eigenvalue weighted by Gasteiger charge is -2.09. The molecule has 0 saturated carbocycles. The summed E-state index contributed by atoms with van der Waals surface area (Å²) in [7, 11) is -4.43. The number of aromatic amines is 1. The molecule has 0 fully saturated rings. The maximum absolute atomic E-state index is 13.9. The van der Waals surface area contributed by atoms with Gasteiger partial charge in [-0.2, -0.15) is 0 Å². The lowest BCUT2D eigenvalue weighted by molar-refractivity contribution is 0.586. The van der Waals surface area contributed by atoms with Crippen molar-refractivity contribution in [3.63, 3.8) is 0 Å². The minimum absolute atomic E-state index is 0.00376. The first-order chi connectivity index (χ1) is 11.2. The molecular weight excluding hydrogens is 348 g/mol. The summed E-state index contributed by atoms with van der Waals surface area (Å²) in [5, 5.41) is -0.378. The number of hydrogen-bond donors (Lipinski definition) is 2. The van der Waals surface area contributed by atoms with Crippen molar-refractivity contribution >= 4 is 26.6 Å². The van der Waals surface area contributed by atoms with Gasteiger partial charge in [0.1, 0.15) is 28.2 Å². The van der Waals surface area contributed by atoms with Gasteiger partial charge in [-0.3, -0.25) is 4.72 Å². The Kier molecular flexibility index (Phi) is 3.75. The molecule has 0 amide bonds. The molecule has 9 heteroatoms. The molecule has 3 rings (SSSR count). The third-order valence-electron chi connectivity index (χ3n) is 3.44. The maximum Gasteiger partial charge on any atom is 0.264 e. The number of sulfonamides is 1. The molecule has 126 valence electrons.